The van der Waals surface area contributed by atoms with Crippen LogP contribution < -0.4 is 5.73 Å². The molecule has 1 unspecified atom stereocenters. The van der Waals surface area contributed by atoms with Crippen LogP contribution in [0.1, 0.15) is 40.9 Å². The van der Waals surface area contributed by atoms with Gasteiger partial charge in [-0.3, -0.25) is 4.79 Å². The van der Waals surface area contributed by atoms with E-state index in [2.05, 4.69) is 13.0 Å². The highest BCUT2D eigenvalue weighted by Gasteiger charge is 2.20. The Kier molecular flexibility index (Phi) is 3.87. The molecule has 0 fully saturated rings. The molecule has 0 aliphatic carbocycles. The number of aryl methyl sites for hydroxylation is 3. The zero-order valence-electron chi connectivity index (χ0n) is 10.8. The van der Waals surface area contributed by atoms with Crippen molar-refractivity contribution in [1.29, 1.82) is 0 Å². The van der Waals surface area contributed by atoms with Gasteiger partial charge in [-0.1, -0.05) is 19.9 Å². The maximum absolute atomic E-state index is 12.1. The lowest BCUT2D eigenvalue weighted by atomic mass is 9.91. The number of hydrogen-bond donors (Lipinski definition) is 1. The van der Waals surface area contributed by atoms with E-state index in [1.165, 1.54) is 5.56 Å². The van der Waals surface area contributed by atoms with Gasteiger partial charge < -0.3 is 5.73 Å². The first-order valence-electron chi connectivity index (χ1n) is 5.72. The third kappa shape index (κ3) is 2.50. The molecule has 1 aromatic carbocycles. The summed E-state index contributed by atoms with van der Waals surface area (Å²) in [6.07, 6.45) is 0. The minimum Gasteiger partial charge on any atom is -0.321 e. The molecule has 0 aliphatic rings. The van der Waals surface area contributed by atoms with E-state index in [1.807, 2.05) is 33.8 Å². The van der Waals surface area contributed by atoms with Crippen LogP contribution in [0.2, 0.25) is 0 Å². The fraction of sp³-hybridized carbons (Fsp3) is 0.500. The van der Waals surface area contributed by atoms with Crippen LogP contribution in [0.4, 0.5) is 0 Å². The lowest BCUT2D eigenvalue weighted by Crippen LogP contribution is -2.36. The number of benzene rings is 1. The van der Waals surface area contributed by atoms with Gasteiger partial charge in [-0.05, 0) is 49.4 Å². The van der Waals surface area contributed by atoms with E-state index in [-0.39, 0.29) is 11.7 Å². The summed E-state index contributed by atoms with van der Waals surface area (Å²) in [4.78, 5) is 12.1. The summed E-state index contributed by atoms with van der Waals surface area (Å²) in [5.41, 5.74) is 10.0. The van der Waals surface area contributed by atoms with Crippen LogP contribution in [0.3, 0.4) is 0 Å². The van der Waals surface area contributed by atoms with Gasteiger partial charge >= 0.3 is 0 Å². The summed E-state index contributed by atoms with van der Waals surface area (Å²) in [7, 11) is 0. The van der Waals surface area contributed by atoms with E-state index in [1.54, 1.807) is 0 Å². The molecule has 0 heterocycles. The van der Waals surface area contributed by atoms with Gasteiger partial charge in [0.2, 0.25) is 0 Å². The van der Waals surface area contributed by atoms with Gasteiger partial charge in [0.05, 0.1) is 6.04 Å². The molecule has 2 nitrogen and oxygen atoms in total. The minimum absolute atomic E-state index is 0.0515. The Labute approximate surface area is 97.9 Å². The van der Waals surface area contributed by atoms with E-state index < -0.39 is 6.04 Å². The first kappa shape index (κ1) is 12.9. The molecule has 0 saturated heterocycles. The SMILES string of the molecule is Cc1cc(C)c(C(=O)C(N)C(C)C)cc1C. The monoisotopic (exact) mass is 219 g/mol. The standard InChI is InChI=1S/C14H21NO/c1-8(2)13(15)14(16)12-7-10(4)9(3)6-11(12)5/h6-8,13H,15H2,1-5H3. The number of Topliss-reactive ketones (excluding diaryl/α,β-unsaturated/α-hetero) is 1. The van der Waals surface area contributed by atoms with Crippen molar-refractivity contribution in [3.05, 3.63) is 34.4 Å². The van der Waals surface area contributed by atoms with Crippen LogP contribution in [0.15, 0.2) is 12.1 Å². The predicted molar refractivity (Wildman–Crippen MR) is 67.8 cm³/mol. The quantitative estimate of drug-likeness (QED) is 0.794. The summed E-state index contributed by atoms with van der Waals surface area (Å²) >= 11 is 0. The second kappa shape index (κ2) is 4.79. The second-order valence-electron chi connectivity index (χ2n) is 4.89. The van der Waals surface area contributed by atoms with Gasteiger partial charge in [-0.25, -0.2) is 0 Å². The Hall–Kier alpha value is -1.15. The van der Waals surface area contributed by atoms with Crippen LogP contribution in [-0.2, 0) is 0 Å². The van der Waals surface area contributed by atoms with Crippen molar-refractivity contribution < 1.29 is 4.79 Å². The van der Waals surface area contributed by atoms with Crippen LogP contribution in [0.25, 0.3) is 0 Å². The first-order chi connectivity index (χ1) is 7.34. The van der Waals surface area contributed by atoms with Crippen molar-refractivity contribution in [3.8, 4) is 0 Å². The Morgan fingerprint density at radius 1 is 1.06 bits per heavy atom. The molecule has 0 radical (unpaired) electrons. The third-order valence-corrected chi connectivity index (χ3v) is 3.13. The molecule has 2 N–H and O–H groups in total. The highest BCUT2D eigenvalue weighted by Crippen LogP contribution is 2.18. The van der Waals surface area contributed by atoms with Gasteiger partial charge in [-0.2, -0.15) is 0 Å². The van der Waals surface area contributed by atoms with Gasteiger partial charge in [0, 0.05) is 5.56 Å². The van der Waals surface area contributed by atoms with Crippen molar-refractivity contribution in [2.24, 2.45) is 11.7 Å². The normalized spacial score (nSPS) is 12.9. The van der Waals surface area contributed by atoms with Gasteiger partial charge in [0.1, 0.15) is 0 Å². The van der Waals surface area contributed by atoms with Gasteiger partial charge in [0.15, 0.2) is 5.78 Å². The molecular formula is C14H21NO. The van der Waals surface area contributed by atoms with E-state index >= 15 is 0 Å². The summed E-state index contributed by atoms with van der Waals surface area (Å²) in [5, 5.41) is 0. The van der Waals surface area contributed by atoms with E-state index in [9.17, 15) is 4.79 Å². The largest absolute Gasteiger partial charge is 0.321 e. The molecule has 0 bridgehead atoms. The van der Waals surface area contributed by atoms with Crippen LogP contribution in [0.5, 0.6) is 0 Å². The molecule has 0 spiro atoms. The predicted octanol–water partition coefficient (Wildman–Crippen LogP) is 2.78. The topological polar surface area (TPSA) is 43.1 Å². The Balaban J connectivity index is 3.14. The fourth-order valence-corrected chi connectivity index (χ4v) is 1.71. The summed E-state index contributed by atoms with van der Waals surface area (Å²) in [5.74, 6) is 0.226. The first-order valence-corrected chi connectivity index (χ1v) is 5.72. The second-order valence-corrected chi connectivity index (χ2v) is 4.89. The average molecular weight is 219 g/mol. The third-order valence-electron chi connectivity index (χ3n) is 3.13. The number of carbonyl (C=O) groups is 1. The molecule has 0 amide bonds. The summed E-state index contributed by atoms with van der Waals surface area (Å²) in [6, 6.07) is 3.60. The molecule has 16 heavy (non-hydrogen) atoms. The lowest BCUT2D eigenvalue weighted by molar-refractivity contribution is 0.0940. The van der Waals surface area contributed by atoms with Crippen LogP contribution in [-0.4, -0.2) is 11.8 Å². The Morgan fingerprint density at radius 3 is 2.06 bits per heavy atom. The molecular weight excluding hydrogens is 198 g/mol. The Bertz CT molecular complexity index is 407. The van der Waals surface area contributed by atoms with Gasteiger partial charge in [0.25, 0.3) is 0 Å². The zero-order chi connectivity index (χ0) is 12.5. The number of rotatable bonds is 3. The molecule has 2 heteroatoms. The van der Waals surface area contributed by atoms with E-state index in [0.717, 1.165) is 16.7 Å². The van der Waals surface area contributed by atoms with Crippen LogP contribution in [0, 0.1) is 26.7 Å². The van der Waals surface area contributed by atoms with Gasteiger partial charge in [-0.15, -0.1) is 0 Å². The van der Waals surface area contributed by atoms with Crippen LogP contribution >= 0.6 is 0 Å². The van der Waals surface area contributed by atoms with Crippen molar-refractivity contribution in [3.63, 3.8) is 0 Å². The maximum atomic E-state index is 12.1. The Morgan fingerprint density at radius 2 is 1.56 bits per heavy atom. The minimum atomic E-state index is -0.402. The van der Waals surface area contributed by atoms with Crippen molar-refractivity contribution in [2.45, 2.75) is 40.7 Å². The molecule has 0 aliphatic heterocycles. The molecule has 1 rings (SSSR count). The molecule has 0 aromatic heterocycles. The average Bonchev–Trinajstić information content (AvgIpc) is 2.21. The highest BCUT2D eigenvalue weighted by molar-refractivity contribution is 6.01. The molecule has 1 atom stereocenters. The maximum Gasteiger partial charge on any atom is 0.180 e. The fourth-order valence-electron chi connectivity index (χ4n) is 1.71. The van der Waals surface area contributed by atoms with Crippen molar-refractivity contribution in [2.75, 3.05) is 0 Å². The highest BCUT2D eigenvalue weighted by atomic mass is 16.1. The number of hydrogen-bond acceptors (Lipinski definition) is 2. The van der Waals surface area contributed by atoms with E-state index in [0.29, 0.717) is 0 Å². The summed E-state index contributed by atoms with van der Waals surface area (Å²) < 4.78 is 0. The molecule has 1 aromatic rings. The zero-order valence-corrected chi connectivity index (χ0v) is 10.8. The molecule has 0 saturated carbocycles. The lowest BCUT2D eigenvalue weighted by Gasteiger charge is -2.16. The van der Waals surface area contributed by atoms with Crippen molar-refractivity contribution >= 4 is 5.78 Å². The summed E-state index contributed by atoms with van der Waals surface area (Å²) in [6.45, 7) is 9.98. The molecule has 88 valence electrons. The van der Waals surface area contributed by atoms with Crippen molar-refractivity contribution in [1.82, 2.24) is 0 Å². The van der Waals surface area contributed by atoms with E-state index in [4.69, 9.17) is 5.73 Å². The number of nitrogens with two attached hydrogens (primary N) is 1. The number of carbonyl (C=O) groups excluding carboxylic acids is 1. The smallest absolute Gasteiger partial charge is 0.180 e. The number of ketones is 1.